The molecule has 0 spiro atoms. The zero-order chi connectivity index (χ0) is 14.7. The molecule has 0 aromatic carbocycles. The van der Waals surface area contributed by atoms with Crippen LogP contribution in [0.5, 0.6) is 0 Å². The molecule has 1 atom stereocenters. The smallest absolute Gasteiger partial charge is 0.217 e. The molecule has 0 aliphatic heterocycles. The number of fused-ring (bicyclic) bond motifs is 5. The molecule has 5 rings (SSSR count). The lowest BCUT2D eigenvalue weighted by Gasteiger charge is -2.17. The summed E-state index contributed by atoms with van der Waals surface area (Å²) in [6, 6.07) is 3.73. The predicted octanol–water partition coefficient (Wildman–Crippen LogP) is 3.72. The van der Waals surface area contributed by atoms with Gasteiger partial charge in [0.1, 0.15) is 11.2 Å². The van der Waals surface area contributed by atoms with Gasteiger partial charge in [0.05, 0.1) is 11.6 Å². The van der Waals surface area contributed by atoms with Crippen molar-refractivity contribution in [2.24, 2.45) is 5.92 Å². The fraction of sp³-hybridized carbons (Fsp3) is 0.312. The van der Waals surface area contributed by atoms with Crippen molar-refractivity contribution in [2.45, 2.75) is 26.2 Å². The van der Waals surface area contributed by atoms with Gasteiger partial charge >= 0.3 is 0 Å². The maximum absolute atomic E-state index is 5.41. The first-order valence-electron chi connectivity index (χ1n) is 7.49. The molecule has 22 heavy (non-hydrogen) atoms. The summed E-state index contributed by atoms with van der Waals surface area (Å²) in [5.41, 5.74) is 2.32. The van der Waals surface area contributed by atoms with Crippen LogP contribution in [0.1, 0.15) is 23.8 Å². The highest BCUT2D eigenvalue weighted by Gasteiger charge is 2.23. The van der Waals surface area contributed by atoms with Crippen LogP contribution in [0, 0.1) is 5.92 Å². The Bertz CT molecular complexity index is 983. The summed E-state index contributed by atoms with van der Waals surface area (Å²) >= 11 is 1.81. The SMILES string of the molecule is C[C@@H]1CCc2c(sc3ncn4nc(-c5ccco5)nc4c23)C1. The van der Waals surface area contributed by atoms with Crippen LogP contribution in [0.25, 0.3) is 27.4 Å². The molecule has 4 heterocycles. The lowest BCUT2D eigenvalue weighted by molar-refractivity contribution is 0.509. The molecule has 4 aromatic heterocycles. The van der Waals surface area contributed by atoms with Crippen molar-refractivity contribution >= 4 is 27.2 Å². The van der Waals surface area contributed by atoms with Gasteiger partial charge in [0.25, 0.3) is 0 Å². The molecule has 0 saturated carbocycles. The van der Waals surface area contributed by atoms with Gasteiger partial charge in [0.2, 0.25) is 5.82 Å². The van der Waals surface area contributed by atoms with Gasteiger partial charge < -0.3 is 4.42 Å². The van der Waals surface area contributed by atoms with E-state index in [1.807, 2.05) is 23.5 Å². The molecular formula is C16H14N4OS. The number of nitrogens with zero attached hydrogens (tertiary/aromatic N) is 4. The van der Waals surface area contributed by atoms with E-state index in [4.69, 9.17) is 9.40 Å². The molecule has 0 N–H and O–H groups in total. The molecule has 0 amide bonds. The Morgan fingerprint density at radius 3 is 3.23 bits per heavy atom. The minimum Gasteiger partial charge on any atom is -0.461 e. The van der Waals surface area contributed by atoms with E-state index in [-0.39, 0.29) is 0 Å². The third-order valence-electron chi connectivity index (χ3n) is 4.37. The van der Waals surface area contributed by atoms with E-state index in [0.29, 0.717) is 11.6 Å². The molecule has 4 aromatic rings. The van der Waals surface area contributed by atoms with Crippen LogP contribution in [0.2, 0.25) is 0 Å². The zero-order valence-electron chi connectivity index (χ0n) is 12.1. The summed E-state index contributed by atoms with van der Waals surface area (Å²) in [5.74, 6) is 2.06. The molecule has 110 valence electrons. The molecule has 0 fully saturated rings. The molecule has 0 saturated heterocycles. The fourth-order valence-corrected chi connectivity index (χ4v) is 4.59. The first kappa shape index (κ1) is 12.3. The Morgan fingerprint density at radius 2 is 2.36 bits per heavy atom. The van der Waals surface area contributed by atoms with E-state index < -0.39 is 0 Å². The molecule has 5 nitrogen and oxygen atoms in total. The van der Waals surface area contributed by atoms with Gasteiger partial charge in [0, 0.05) is 4.88 Å². The normalized spacial score (nSPS) is 18.1. The second-order valence-corrected chi connectivity index (χ2v) is 7.04. The van der Waals surface area contributed by atoms with Crippen LogP contribution in [0.15, 0.2) is 29.1 Å². The minimum atomic E-state index is 0.614. The molecule has 0 unspecified atom stereocenters. The average molecular weight is 310 g/mol. The predicted molar refractivity (Wildman–Crippen MR) is 85.1 cm³/mol. The van der Waals surface area contributed by atoms with E-state index in [1.165, 1.54) is 22.2 Å². The van der Waals surface area contributed by atoms with Crippen molar-refractivity contribution in [1.82, 2.24) is 19.6 Å². The molecule has 0 bridgehead atoms. The van der Waals surface area contributed by atoms with Gasteiger partial charge in [-0.15, -0.1) is 16.4 Å². The average Bonchev–Trinajstić information content (AvgIpc) is 3.22. The Kier molecular flexibility index (Phi) is 2.47. The quantitative estimate of drug-likeness (QED) is 0.537. The first-order chi connectivity index (χ1) is 10.8. The van der Waals surface area contributed by atoms with Crippen molar-refractivity contribution in [3.05, 3.63) is 35.2 Å². The monoisotopic (exact) mass is 310 g/mol. The van der Waals surface area contributed by atoms with Crippen LogP contribution in [-0.2, 0) is 12.8 Å². The molecule has 0 radical (unpaired) electrons. The summed E-state index contributed by atoms with van der Waals surface area (Å²) in [6.07, 6.45) is 6.90. The van der Waals surface area contributed by atoms with E-state index in [2.05, 4.69) is 17.0 Å². The van der Waals surface area contributed by atoms with E-state index >= 15 is 0 Å². The van der Waals surface area contributed by atoms with Gasteiger partial charge in [-0.2, -0.15) is 0 Å². The van der Waals surface area contributed by atoms with Crippen molar-refractivity contribution in [3.63, 3.8) is 0 Å². The minimum absolute atomic E-state index is 0.614. The molecule has 6 heteroatoms. The van der Waals surface area contributed by atoms with E-state index in [1.54, 1.807) is 17.1 Å². The highest BCUT2D eigenvalue weighted by atomic mass is 32.1. The second kappa shape index (κ2) is 4.39. The number of hydrogen-bond donors (Lipinski definition) is 0. The highest BCUT2D eigenvalue weighted by Crippen LogP contribution is 2.38. The van der Waals surface area contributed by atoms with Gasteiger partial charge in [0.15, 0.2) is 11.4 Å². The standard InChI is InChI=1S/C16H14N4OS/c1-9-4-5-10-12(7-9)22-16-13(10)15-18-14(11-3-2-6-21-11)19-20(15)8-17-16/h2-3,6,8-9H,4-5,7H2,1H3/t9-/m1/s1. The highest BCUT2D eigenvalue weighted by molar-refractivity contribution is 7.19. The summed E-state index contributed by atoms with van der Waals surface area (Å²) in [4.78, 5) is 11.8. The Morgan fingerprint density at radius 1 is 1.41 bits per heavy atom. The van der Waals surface area contributed by atoms with Crippen LogP contribution < -0.4 is 0 Å². The summed E-state index contributed by atoms with van der Waals surface area (Å²) in [5, 5.41) is 5.68. The number of thiophene rings is 1. The fourth-order valence-electron chi connectivity index (χ4n) is 3.25. The van der Waals surface area contributed by atoms with E-state index in [9.17, 15) is 0 Å². The summed E-state index contributed by atoms with van der Waals surface area (Å²) < 4.78 is 7.18. The first-order valence-corrected chi connectivity index (χ1v) is 8.31. The van der Waals surface area contributed by atoms with Gasteiger partial charge in [-0.25, -0.2) is 14.5 Å². The number of furan rings is 1. The number of aryl methyl sites for hydroxylation is 1. The second-order valence-electron chi connectivity index (χ2n) is 5.96. The topological polar surface area (TPSA) is 56.2 Å². The number of rotatable bonds is 1. The Balaban J connectivity index is 1.80. The number of aromatic nitrogens is 4. The lowest BCUT2D eigenvalue weighted by Crippen LogP contribution is -2.08. The largest absolute Gasteiger partial charge is 0.461 e. The zero-order valence-corrected chi connectivity index (χ0v) is 12.9. The molecule has 1 aliphatic rings. The molecular weight excluding hydrogens is 296 g/mol. The van der Waals surface area contributed by atoms with Crippen LogP contribution >= 0.6 is 11.3 Å². The summed E-state index contributed by atoms with van der Waals surface area (Å²) in [6.45, 7) is 2.32. The van der Waals surface area contributed by atoms with Crippen molar-refractivity contribution in [3.8, 4) is 11.6 Å². The van der Waals surface area contributed by atoms with Crippen LogP contribution in [0.4, 0.5) is 0 Å². The Hall–Kier alpha value is -2.21. The van der Waals surface area contributed by atoms with Crippen molar-refractivity contribution < 1.29 is 4.42 Å². The van der Waals surface area contributed by atoms with Crippen molar-refractivity contribution in [1.29, 1.82) is 0 Å². The Labute approximate surface area is 130 Å². The lowest BCUT2D eigenvalue weighted by atomic mass is 9.89. The van der Waals surface area contributed by atoms with Crippen LogP contribution in [0.3, 0.4) is 0 Å². The van der Waals surface area contributed by atoms with Crippen LogP contribution in [-0.4, -0.2) is 19.6 Å². The molecule has 1 aliphatic carbocycles. The van der Waals surface area contributed by atoms with Crippen molar-refractivity contribution in [2.75, 3.05) is 0 Å². The summed E-state index contributed by atoms with van der Waals surface area (Å²) in [7, 11) is 0. The number of hydrogen-bond acceptors (Lipinski definition) is 5. The van der Waals surface area contributed by atoms with E-state index in [0.717, 1.165) is 29.2 Å². The van der Waals surface area contributed by atoms with Gasteiger partial charge in [-0.3, -0.25) is 0 Å². The maximum Gasteiger partial charge on any atom is 0.217 e. The third-order valence-corrected chi connectivity index (χ3v) is 5.54. The third kappa shape index (κ3) is 1.67. The van der Waals surface area contributed by atoms with Gasteiger partial charge in [-0.1, -0.05) is 6.92 Å². The van der Waals surface area contributed by atoms with Gasteiger partial charge in [-0.05, 0) is 42.9 Å². The maximum atomic E-state index is 5.41.